The largest absolute Gasteiger partial charge is 0.338 e. The molecule has 0 bridgehead atoms. The molecule has 0 unspecified atom stereocenters. The summed E-state index contributed by atoms with van der Waals surface area (Å²) in [5, 5.41) is 0. The van der Waals surface area contributed by atoms with Gasteiger partial charge in [0, 0.05) is 25.2 Å². The van der Waals surface area contributed by atoms with Crippen LogP contribution in [0.5, 0.6) is 0 Å². The van der Waals surface area contributed by atoms with Crippen molar-refractivity contribution < 1.29 is 13.2 Å². The van der Waals surface area contributed by atoms with E-state index in [0.29, 0.717) is 19.5 Å². The fourth-order valence-electron chi connectivity index (χ4n) is 3.54. The van der Waals surface area contributed by atoms with Gasteiger partial charge in [-0.3, -0.25) is 4.79 Å². The lowest BCUT2D eigenvalue weighted by molar-refractivity contribution is -0.131. The average molecular weight is 308 g/mol. The minimum absolute atomic E-state index is 0.0280. The second-order valence-corrected chi connectivity index (χ2v) is 7.77. The third-order valence-corrected chi connectivity index (χ3v) is 5.78. The van der Waals surface area contributed by atoms with Crippen molar-refractivity contribution in [1.29, 1.82) is 0 Å². The lowest BCUT2D eigenvalue weighted by Crippen LogP contribution is -2.41. The number of fused-ring (bicyclic) bond motifs is 1. The number of benzene rings is 1. The lowest BCUT2D eigenvalue weighted by Gasteiger charge is -2.24. The molecule has 1 aromatic carbocycles. The summed E-state index contributed by atoms with van der Waals surface area (Å²) in [6.45, 7) is 1.19. The Morgan fingerprint density at radius 3 is 2.48 bits per heavy atom. The van der Waals surface area contributed by atoms with E-state index in [1.54, 1.807) is 4.31 Å². The van der Waals surface area contributed by atoms with E-state index in [-0.39, 0.29) is 18.0 Å². The van der Waals surface area contributed by atoms with Gasteiger partial charge in [-0.1, -0.05) is 30.3 Å². The van der Waals surface area contributed by atoms with Crippen LogP contribution in [0.2, 0.25) is 0 Å². The summed E-state index contributed by atoms with van der Waals surface area (Å²) in [5.74, 6) is 0.101. The van der Waals surface area contributed by atoms with Crippen LogP contribution < -0.4 is 0 Å². The number of amides is 1. The van der Waals surface area contributed by atoms with Gasteiger partial charge in [0.15, 0.2) is 0 Å². The molecule has 21 heavy (non-hydrogen) atoms. The van der Waals surface area contributed by atoms with Gasteiger partial charge >= 0.3 is 0 Å². The van der Waals surface area contributed by atoms with Crippen LogP contribution in [-0.4, -0.2) is 55.0 Å². The topological polar surface area (TPSA) is 57.7 Å². The number of hydrogen-bond acceptors (Lipinski definition) is 3. The van der Waals surface area contributed by atoms with Crippen molar-refractivity contribution in [2.45, 2.75) is 31.3 Å². The molecule has 0 radical (unpaired) electrons. The average Bonchev–Trinajstić information content (AvgIpc) is 2.99. The molecular formula is C15H20N2O3S. The number of carbonyl (C=O) groups excluding carboxylic acids is 1. The van der Waals surface area contributed by atoms with E-state index < -0.39 is 10.0 Å². The number of rotatable bonds is 3. The Morgan fingerprint density at radius 2 is 1.81 bits per heavy atom. The van der Waals surface area contributed by atoms with Crippen molar-refractivity contribution >= 4 is 15.9 Å². The zero-order valence-electron chi connectivity index (χ0n) is 12.1. The Balaban J connectivity index is 1.70. The number of likely N-dealkylation sites (tertiary alicyclic amines) is 1. The zero-order valence-corrected chi connectivity index (χ0v) is 12.9. The van der Waals surface area contributed by atoms with Gasteiger partial charge in [0.05, 0.1) is 12.7 Å². The minimum Gasteiger partial charge on any atom is -0.338 e. The van der Waals surface area contributed by atoms with Crippen LogP contribution in [0.15, 0.2) is 30.3 Å². The van der Waals surface area contributed by atoms with E-state index in [9.17, 15) is 13.2 Å². The van der Waals surface area contributed by atoms with Crippen LogP contribution in [0.3, 0.4) is 0 Å². The molecule has 0 aliphatic carbocycles. The van der Waals surface area contributed by atoms with Crippen LogP contribution in [0.25, 0.3) is 0 Å². The van der Waals surface area contributed by atoms with Crippen LogP contribution in [-0.2, 0) is 21.2 Å². The first-order valence-electron chi connectivity index (χ1n) is 7.27. The standard InChI is InChI=1S/C15H20N2O3S/c1-21(19,20)17-10-8-13-14(17)7-9-16(13)15(18)11-12-5-3-2-4-6-12/h2-6,13-14H,7-11H2,1H3/t13-,14+/m1/s1. The molecule has 0 spiro atoms. The number of nitrogens with zero attached hydrogens (tertiary/aromatic N) is 2. The van der Waals surface area contributed by atoms with Crippen molar-refractivity contribution in [3.8, 4) is 0 Å². The Morgan fingerprint density at radius 1 is 1.14 bits per heavy atom. The maximum atomic E-state index is 12.5. The molecule has 2 aliphatic rings. The molecule has 1 amide bonds. The summed E-state index contributed by atoms with van der Waals surface area (Å²) in [4.78, 5) is 14.3. The summed E-state index contributed by atoms with van der Waals surface area (Å²) in [6.07, 6.45) is 3.14. The second kappa shape index (κ2) is 5.42. The normalized spacial score (nSPS) is 26.0. The maximum absolute atomic E-state index is 12.5. The number of carbonyl (C=O) groups is 1. The zero-order chi connectivity index (χ0) is 15.0. The van der Waals surface area contributed by atoms with Crippen LogP contribution in [0.1, 0.15) is 18.4 Å². The molecule has 0 aromatic heterocycles. The van der Waals surface area contributed by atoms with Gasteiger partial charge in [0.2, 0.25) is 15.9 Å². The van der Waals surface area contributed by atoms with E-state index in [4.69, 9.17) is 0 Å². The molecule has 2 aliphatic heterocycles. The lowest BCUT2D eigenvalue weighted by atomic mass is 10.1. The highest BCUT2D eigenvalue weighted by molar-refractivity contribution is 7.88. The van der Waals surface area contributed by atoms with Gasteiger partial charge in [0.25, 0.3) is 0 Å². The SMILES string of the molecule is CS(=O)(=O)N1CC[C@@H]2[C@@H]1CCN2C(=O)Cc1ccccc1. The van der Waals surface area contributed by atoms with E-state index in [1.807, 2.05) is 35.2 Å². The Labute approximate surface area is 125 Å². The summed E-state index contributed by atoms with van der Waals surface area (Å²) in [6, 6.07) is 9.70. The van der Waals surface area contributed by atoms with Crippen LogP contribution in [0.4, 0.5) is 0 Å². The van der Waals surface area contributed by atoms with Gasteiger partial charge in [-0.25, -0.2) is 8.42 Å². The summed E-state index contributed by atoms with van der Waals surface area (Å²) < 4.78 is 25.1. The van der Waals surface area contributed by atoms with E-state index in [2.05, 4.69) is 0 Å². The van der Waals surface area contributed by atoms with Crippen LogP contribution in [0, 0.1) is 0 Å². The fourth-order valence-corrected chi connectivity index (χ4v) is 4.72. The van der Waals surface area contributed by atoms with Gasteiger partial charge in [0.1, 0.15) is 0 Å². The third-order valence-electron chi connectivity index (χ3n) is 4.47. The van der Waals surface area contributed by atoms with Gasteiger partial charge in [-0.2, -0.15) is 4.31 Å². The first kappa shape index (κ1) is 14.5. The molecule has 0 N–H and O–H groups in total. The molecule has 5 nitrogen and oxygen atoms in total. The molecule has 2 saturated heterocycles. The summed E-state index contributed by atoms with van der Waals surface area (Å²) in [7, 11) is -3.17. The Hall–Kier alpha value is -1.40. The quantitative estimate of drug-likeness (QED) is 0.832. The highest BCUT2D eigenvalue weighted by Gasteiger charge is 2.47. The summed E-state index contributed by atoms with van der Waals surface area (Å²) in [5.41, 5.74) is 1.00. The number of hydrogen-bond donors (Lipinski definition) is 0. The molecule has 114 valence electrons. The third kappa shape index (κ3) is 2.82. The van der Waals surface area contributed by atoms with Crippen LogP contribution >= 0.6 is 0 Å². The highest BCUT2D eigenvalue weighted by Crippen LogP contribution is 2.33. The smallest absolute Gasteiger partial charge is 0.227 e. The first-order chi connectivity index (χ1) is 9.97. The molecule has 0 saturated carbocycles. The maximum Gasteiger partial charge on any atom is 0.227 e. The van der Waals surface area contributed by atoms with Crippen molar-refractivity contribution in [2.75, 3.05) is 19.3 Å². The fraction of sp³-hybridized carbons (Fsp3) is 0.533. The Bertz CT molecular complexity index is 630. The van der Waals surface area contributed by atoms with Crippen molar-refractivity contribution in [2.24, 2.45) is 0 Å². The molecule has 1 aromatic rings. The Kier molecular flexibility index (Phi) is 3.75. The second-order valence-electron chi connectivity index (χ2n) is 5.84. The minimum atomic E-state index is -3.17. The highest BCUT2D eigenvalue weighted by atomic mass is 32.2. The molecular weight excluding hydrogens is 288 g/mol. The van der Waals surface area contributed by atoms with Gasteiger partial charge in [-0.05, 0) is 18.4 Å². The predicted molar refractivity (Wildman–Crippen MR) is 80.2 cm³/mol. The molecule has 2 heterocycles. The molecule has 2 atom stereocenters. The van der Waals surface area contributed by atoms with Crippen molar-refractivity contribution in [1.82, 2.24) is 9.21 Å². The monoisotopic (exact) mass is 308 g/mol. The van der Waals surface area contributed by atoms with E-state index in [0.717, 1.165) is 18.4 Å². The van der Waals surface area contributed by atoms with E-state index in [1.165, 1.54) is 6.26 Å². The van der Waals surface area contributed by atoms with Crippen molar-refractivity contribution in [3.05, 3.63) is 35.9 Å². The molecule has 3 rings (SSSR count). The summed E-state index contributed by atoms with van der Waals surface area (Å²) >= 11 is 0. The van der Waals surface area contributed by atoms with Crippen molar-refractivity contribution in [3.63, 3.8) is 0 Å². The number of sulfonamides is 1. The van der Waals surface area contributed by atoms with Gasteiger partial charge < -0.3 is 4.90 Å². The predicted octanol–water partition coefficient (Wildman–Crippen LogP) is 0.864. The first-order valence-corrected chi connectivity index (χ1v) is 9.12. The molecule has 6 heteroatoms. The molecule has 2 fully saturated rings. The van der Waals surface area contributed by atoms with E-state index >= 15 is 0 Å². The van der Waals surface area contributed by atoms with Gasteiger partial charge in [-0.15, -0.1) is 0 Å².